The van der Waals surface area contributed by atoms with Crippen LogP contribution in [-0.2, 0) is 0 Å². The molecule has 4 aromatic rings. The maximum Gasteiger partial charge on any atom is 0.218 e. The highest BCUT2D eigenvalue weighted by atomic mass is 16.5. The van der Waals surface area contributed by atoms with Crippen molar-refractivity contribution in [3.05, 3.63) is 84.1 Å². The summed E-state index contributed by atoms with van der Waals surface area (Å²) in [6.07, 6.45) is 0.834. The summed E-state index contributed by atoms with van der Waals surface area (Å²) in [5.41, 5.74) is 9.82. The Labute approximate surface area is 192 Å². The van der Waals surface area contributed by atoms with Crippen LogP contribution in [0.5, 0.6) is 11.6 Å². The Morgan fingerprint density at radius 1 is 1.06 bits per heavy atom. The largest absolute Gasteiger partial charge is 0.439 e. The van der Waals surface area contributed by atoms with Crippen molar-refractivity contribution in [3.63, 3.8) is 0 Å². The zero-order valence-electron chi connectivity index (χ0n) is 18.5. The molecule has 3 N–H and O–H groups in total. The number of rotatable bonds is 7. The van der Waals surface area contributed by atoms with Gasteiger partial charge in [-0.1, -0.05) is 36.4 Å². The molecule has 0 radical (unpaired) electrons. The van der Waals surface area contributed by atoms with Gasteiger partial charge in [-0.2, -0.15) is 10.4 Å². The van der Waals surface area contributed by atoms with Gasteiger partial charge in [-0.25, -0.2) is 4.68 Å². The highest BCUT2D eigenvalue weighted by molar-refractivity contribution is 5.69. The Hall–Kier alpha value is -3.99. The lowest BCUT2D eigenvalue weighted by molar-refractivity contribution is 0.186. The van der Waals surface area contributed by atoms with E-state index < -0.39 is 6.10 Å². The molecule has 0 amide bonds. The maximum absolute atomic E-state index is 9.95. The van der Waals surface area contributed by atoms with Gasteiger partial charge in [0.1, 0.15) is 5.75 Å². The number of hydrogen-bond donors (Lipinski definition) is 2. The van der Waals surface area contributed by atoms with Gasteiger partial charge in [0.15, 0.2) is 0 Å². The van der Waals surface area contributed by atoms with Crippen molar-refractivity contribution in [2.45, 2.75) is 26.0 Å². The van der Waals surface area contributed by atoms with Crippen LogP contribution in [0.25, 0.3) is 22.5 Å². The number of pyridine rings is 1. The number of nitriles is 1. The molecule has 2 aromatic carbocycles. The fourth-order valence-corrected chi connectivity index (χ4v) is 3.47. The van der Waals surface area contributed by atoms with E-state index in [1.165, 1.54) is 0 Å². The van der Waals surface area contributed by atoms with E-state index in [2.05, 4.69) is 11.1 Å². The SMILES string of the molecule is CC(C)n1nc(-c2ccccc2)cc1Oc1cc(C#N)ccc1-c1ccc(C(O)CN)cn1. The van der Waals surface area contributed by atoms with Crippen LogP contribution < -0.4 is 10.5 Å². The van der Waals surface area contributed by atoms with Gasteiger partial charge in [-0.15, -0.1) is 0 Å². The zero-order valence-corrected chi connectivity index (χ0v) is 18.5. The van der Waals surface area contributed by atoms with E-state index in [1.807, 2.05) is 61.0 Å². The molecule has 2 aromatic heterocycles. The summed E-state index contributed by atoms with van der Waals surface area (Å²) in [5, 5.41) is 24.1. The maximum atomic E-state index is 9.95. The van der Waals surface area contributed by atoms with Gasteiger partial charge in [0.05, 0.1) is 35.2 Å². The molecule has 0 spiro atoms. The van der Waals surface area contributed by atoms with E-state index in [-0.39, 0.29) is 12.6 Å². The summed E-state index contributed by atoms with van der Waals surface area (Å²) in [6.45, 7) is 4.18. The van der Waals surface area contributed by atoms with Gasteiger partial charge in [0, 0.05) is 35.5 Å². The number of nitrogens with zero attached hydrogens (tertiary/aromatic N) is 4. The molecule has 4 rings (SSSR count). The summed E-state index contributed by atoms with van der Waals surface area (Å²) in [7, 11) is 0. The zero-order chi connectivity index (χ0) is 23.4. The van der Waals surface area contributed by atoms with Crippen molar-refractivity contribution in [3.8, 4) is 40.2 Å². The molecule has 0 aliphatic heterocycles. The number of nitrogens with two attached hydrogens (primary N) is 1. The van der Waals surface area contributed by atoms with Gasteiger partial charge >= 0.3 is 0 Å². The number of benzene rings is 2. The molecule has 1 atom stereocenters. The quantitative estimate of drug-likeness (QED) is 0.426. The lowest BCUT2D eigenvalue weighted by Gasteiger charge is -2.15. The second kappa shape index (κ2) is 9.65. The molecule has 166 valence electrons. The Kier molecular flexibility index (Phi) is 6.50. The van der Waals surface area contributed by atoms with Crippen LogP contribution in [0, 0.1) is 11.3 Å². The molecule has 7 nitrogen and oxygen atoms in total. The number of aliphatic hydroxyl groups excluding tert-OH is 1. The van der Waals surface area contributed by atoms with Crippen molar-refractivity contribution in [2.24, 2.45) is 5.73 Å². The number of ether oxygens (including phenoxy) is 1. The monoisotopic (exact) mass is 439 g/mol. The van der Waals surface area contributed by atoms with Crippen LogP contribution in [0.1, 0.15) is 37.1 Å². The third-order valence-corrected chi connectivity index (χ3v) is 5.26. The van der Waals surface area contributed by atoms with Gasteiger partial charge in [-0.05, 0) is 38.1 Å². The second-order valence-electron chi connectivity index (χ2n) is 7.93. The van der Waals surface area contributed by atoms with Crippen molar-refractivity contribution in [1.29, 1.82) is 5.26 Å². The van der Waals surface area contributed by atoms with Gasteiger partial charge in [-0.3, -0.25) is 4.98 Å². The van der Waals surface area contributed by atoms with Crippen molar-refractivity contribution < 1.29 is 9.84 Å². The van der Waals surface area contributed by atoms with E-state index >= 15 is 0 Å². The number of aliphatic hydroxyl groups is 1. The molecule has 7 heteroatoms. The van der Waals surface area contributed by atoms with Crippen LogP contribution in [0.15, 0.2) is 72.9 Å². The summed E-state index contributed by atoms with van der Waals surface area (Å²) >= 11 is 0. The van der Waals surface area contributed by atoms with Crippen LogP contribution in [0.2, 0.25) is 0 Å². The molecule has 0 fully saturated rings. The lowest BCUT2D eigenvalue weighted by atomic mass is 10.1. The Balaban J connectivity index is 1.75. The fraction of sp³-hybridized carbons (Fsp3) is 0.192. The second-order valence-corrected chi connectivity index (χ2v) is 7.93. The van der Waals surface area contributed by atoms with Crippen molar-refractivity contribution in [2.75, 3.05) is 6.54 Å². The molecule has 33 heavy (non-hydrogen) atoms. The van der Waals surface area contributed by atoms with E-state index in [0.29, 0.717) is 28.5 Å². The predicted octanol–water partition coefficient (Wildman–Crippen LogP) is 4.85. The van der Waals surface area contributed by atoms with Crippen LogP contribution in [0.3, 0.4) is 0 Å². The first-order chi connectivity index (χ1) is 16.0. The summed E-state index contributed by atoms with van der Waals surface area (Å²) < 4.78 is 8.16. The van der Waals surface area contributed by atoms with E-state index in [0.717, 1.165) is 16.8 Å². The van der Waals surface area contributed by atoms with Crippen molar-refractivity contribution in [1.82, 2.24) is 14.8 Å². The van der Waals surface area contributed by atoms with Crippen LogP contribution in [0.4, 0.5) is 0 Å². The first-order valence-electron chi connectivity index (χ1n) is 10.7. The summed E-state index contributed by atoms with van der Waals surface area (Å²) in [4.78, 5) is 4.49. The first kappa shape index (κ1) is 22.2. The molecule has 0 saturated carbocycles. The highest BCUT2D eigenvalue weighted by Gasteiger charge is 2.17. The minimum atomic E-state index is -0.764. The molecule has 0 aliphatic rings. The molecule has 1 unspecified atom stereocenters. The van der Waals surface area contributed by atoms with Crippen LogP contribution in [-0.4, -0.2) is 26.4 Å². The van der Waals surface area contributed by atoms with E-state index in [4.69, 9.17) is 15.6 Å². The fourth-order valence-electron chi connectivity index (χ4n) is 3.47. The Morgan fingerprint density at radius 2 is 1.85 bits per heavy atom. The normalized spacial score (nSPS) is 11.9. The first-order valence-corrected chi connectivity index (χ1v) is 10.7. The van der Waals surface area contributed by atoms with E-state index in [9.17, 15) is 10.4 Å². The minimum Gasteiger partial charge on any atom is -0.439 e. The smallest absolute Gasteiger partial charge is 0.218 e. The van der Waals surface area contributed by atoms with Gasteiger partial charge in [0.2, 0.25) is 5.88 Å². The van der Waals surface area contributed by atoms with E-state index in [1.54, 1.807) is 30.5 Å². The molecule has 0 bridgehead atoms. The lowest BCUT2D eigenvalue weighted by Crippen LogP contribution is -2.11. The Morgan fingerprint density at radius 3 is 2.48 bits per heavy atom. The summed E-state index contributed by atoms with van der Waals surface area (Å²) in [5.74, 6) is 1.06. The molecule has 0 saturated heterocycles. The number of aromatic nitrogens is 3. The third kappa shape index (κ3) is 4.77. The summed E-state index contributed by atoms with van der Waals surface area (Å²) in [6, 6.07) is 22.8. The predicted molar refractivity (Wildman–Crippen MR) is 127 cm³/mol. The van der Waals surface area contributed by atoms with Gasteiger partial charge < -0.3 is 15.6 Å². The standard InChI is InChI=1S/C26H25N5O2/c1-17(2)31-26(13-23(30-31)19-6-4-3-5-7-19)33-25-12-18(14-27)8-10-21(25)22-11-9-20(16-29-22)24(32)15-28/h3-13,16-17,24,32H,15,28H2,1-2H3. The average Bonchev–Trinajstić information content (AvgIpc) is 3.28. The average molecular weight is 440 g/mol. The minimum absolute atomic E-state index is 0.0650. The highest BCUT2D eigenvalue weighted by Crippen LogP contribution is 2.36. The molecular weight excluding hydrogens is 414 g/mol. The topological polar surface area (TPSA) is 110 Å². The Bertz CT molecular complexity index is 1270. The molecule has 0 aliphatic carbocycles. The number of hydrogen-bond acceptors (Lipinski definition) is 6. The third-order valence-electron chi connectivity index (χ3n) is 5.26. The van der Waals surface area contributed by atoms with Gasteiger partial charge in [0.25, 0.3) is 0 Å². The molecular formula is C26H25N5O2. The van der Waals surface area contributed by atoms with Crippen molar-refractivity contribution >= 4 is 0 Å². The van der Waals surface area contributed by atoms with Crippen LogP contribution >= 0.6 is 0 Å². The molecule has 2 heterocycles.